The molecule has 21 heavy (non-hydrogen) atoms. The summed E-state index contributed by atoms with van der Waals surface area (Å²) >= 11 is 0. The van der Waals surface area contributed by atoms with Gasteiger partial charge in [0.2, 0.25) is 6.34 Å². The summed E-state index contributed by atoms with van der Waals surface area (Å²) < 4.78 is 1.73. The summed E-state index contributed by atoms with van der Waals surface area (Å²) in [6.07, 6.45) is 8.65. The van der Waals surface area contributed by atoms with Crippen LogP contribution in [0.3, 0.4) is 0 Å². The molecule has 1 amide bonds. The monoisotopic (exact) mass is 289 g/mol. The molecule has 0 saturated carbocycles. The van der Waals surface area contributed by atoms with Crippen LogP contribution >= 0.6 is 0 Å². The van der Waals surface area contributed by atoms with Gasteiger partial charge in [-0.2, -0.15) is 4.48 Å². The lowest BCUT2D eigenvalue weighted by Crippen LogP contribution is -2.56. The SMILES string of the molecule is CCCC1=C(C(C)C)[N+](C(=O)n2ccnc2)(C(C)C)C=N1. The molecule has 114 valence electrons. The maximum Gasteiger partial charge on any atom is 0.439 e. The molecule has 2 heterocycles. The highest BCUT2D eigenvalue weighted by atomic mass is 16.2. The number of amides is 1. The summed E-state index contributed by atoms with van der Waals surface area (Å²) in [7, 11) is 0. The third-order valence-corrected chi connectivity index (χ3v) is 3.98. The molecule has 0 spiro atoms. The summed E-state index contributed by atoms with van der Waals surface area (Å²) in [5.41, 5.74) is 2.18. The number of hydrogen-bond donors (Lipinski definition) is 0. The first-order chi connectivity index (χ1) is 9.95. The van der Waals surface area contributed by atoms with Crippen molar-refractivity contribution in [3.8, 4) is 0 Å². The van der Waals surface area contributed by atoms with E-state index in [-0.39, 0.29) is 22.5 Å². The highest BCUT2D eigenvalue weighted by Crippen LogP contribution is 2.37. The van der Waals surface area contributed by atoms with E-state index in [4.69, 9.17) is 0 Å². The zero-order chi connectivity index (χ0) is 15.6. The van der Waals surface area contributed by atoms with Crippen LogP contribution in [0.5, 0.6) is 0 Å². The van der Waals surface area contributed by atoms with Crippen LogP contribution in [-0.2, 0) is 0 Å². The van der Waals surface area contributed by atoms with Gasteiger partial charge in [-0.3, -0.25) is 0 Å². The molecule has 0 bridgehead atoms. The van der Waals surface area contributed by atoms with E-state index in [0.29, 0.717) is 0 Å². The Hall–Kier alpha value is -1.75. The topological polar surface area (TPSA) is 47.2 Å². The Kier molecular flexibility index (Phi) is 4.42. The number of allylic oxidation sites excluding steroid dienone is 2. The summed E-state index contributed by atoms with van der Waals surface area (Å²) in [5.74, 6) is 0.268. The predicted molar refractivity (Wildman–Crippen MR) is 83.7 cm³/mol. The van der Waals surface area contributed by atoms with E-state index in [1.807, 2.05) is 6.34 Å². The maximum atomic E-state index is 13.1. The third-order valence-electron chi connectivity index (χ3n) is 3.98. The van der Waals surface area contributed by atoms with Crippen molar-refractivity contribution >= 4 is 12.4 Å². The minimum atomic E-state index is -0.0129. The second-order valence-electron chi connectivity index (χ2n) is 6.10. The van der Waals surface area contributed by atoms with Crippen molar-refractivity contribution in [1.82, 2.24) is 9.55 Å². The molecule has 1 aromatic rings. The standard InChI is InChI=1S/C16H25N4O/c1-6-7-14-15(12(2)3)20(11-18-14,13(4)5)16(21)19-9-8-17-10-19/h8-13H,6-7H2,1-5H3/q+1. The first-order valence-electron chi connectivity index (χ1n) is 7.65. The van der Waals surface area contributed by atoms with Crippen LogP contribution in [0.1, 0.15) is 47.5 Å². The van der Waals surface area contributed by atoms with Gasteiger partial charge < -0.3 is 0 Å². The van der Waals surface area contributed by atoms with Gasteiger partial charge in [-0.1, -0.05) is 27.2 Å². The van der Waals surface area contributed by atoms with Crippen LogP contribution in [0.2, 0.25) is 0 Å². The number of hydrogen-bond acceptors (Lipinski definition) is 3. The van der Waals surface area contributed by atoms with E-state index in [0.717, 1.165) is 24.2 Å². The molecule has 1 unspecified atom stereocenters. The lowest BCUT2D eigenvalue weighted by molar-refractivity contribution is -0.737. The van der Waals surface area contributed by atoms with E-state index < -0.39 is 0 Å². The van der Waals surface area contributed by atoms with Gasteiger partial charge >= 0.3 is 6.03 Å². The van der Waals surface area contributed by atoms with Crippen molar-refractivity contribution in [2.24, 2.45) is 10.9 Å². The zero-order valence-electron chi connectivity index (χ0n) is 13.6. The van der Waals surface area contributed by atoms with Crippen molar-refractivity contribution in [3.05, 3.63) is 30.1 Å². The lowest BCUT2D eigenvalue weighted by Gasteiger charge is -2.35. The molecule has 0 fully saturated rings. The van der Waals surface area contributed by atoms with Gasteiger partial charge in [0.1, 0.15) is 23.8 Å². The Balaban J connectivity index is 2.58. The Morgan fingerprint density at radius 3 is 2.52 bits per heavy atom. The molecule has 0 aliphatic carbocycles. The number of nitrogens with zero attached hydrogens (tertiary/aromatic N) is 4. The molecule has 0 aromatic carbocycles. The Morgan fingerprint density at radius 1 is 1.33 bits per heavy atom. The Labute approximate surface area is 126 Å². The van der Waals surface area contributed by atoms with Crippen molar-refractivity contribution in [1.29, 1.82) is 0 Å². The van der Waals surface area contributed by atoms with Crippen molar-refractivity contribution < 1.29 is 9.28 Å². The number of carbonyl (C=O) groups is 1. The van der Waals surface area contributed by atoms with Gasteiger partial charge in [0.05, 0.1) is 0 Å². The molecule has 0 N–H and O–H groups in total. The van der Waals surface area contributed by atoms with E-state index in [2.05, 4.69) is 44.6 Å². The lowest BCUT2D eigenvalue weighted by atomic mass is 10.0. The fourth-order valence-electron chi connectivity index (χ4n) is 3.04. The molecule has 1 aliphatic heterocycles. The van der Waals surface area contributed by atoms with Gasteiger partial charge in [-0.15, -0.1) is 0 Å². The Morgan fingerprint density at radius 2 is 2.05 bits per heavy atom. The van der Waals surface area contributed by atoms with E-state index in [1.54, 1.807) is 23.3 Å². The van der Waals surface area contributed by atoms with Crippen molar-refractivity contribution in [3.63, 3.8) is 0 Å². The second kappa shape index (κ2) is 5.93. The first kappa shape index (κ1) is 15.6. The van der Waals surface area contributed by atoms with Crippen LogP contribution < -0.4 is 0 Å². The smallest absolute Gasteiger partial charge is 0.245 e. The van der Waals surface area contributed by atoms with Crippen molar-refractivity contribution in [2.45, 2.75) is 53.5 Å². The molecule has 0 saturated heterocycles. The fourth-order valence-corrected chi connectivity index (χ4v) is 3.04. The number of rotatable bonds is 4. The van der Waals surface area contributed by atoms with Gasteiger partial charge in [0, 0.05) is 18.3 Å². The fraction of sp³-hybridized carbons (Fsp3) is 0.562. The predicted octanol–water partition coefficient (Wildman–Crippen LogP) is 3.79. The van der Waals surface area contributed by atoms with Crippen LogP contribution in [-0.4, -0.2) is 32.4 Å². The minimum Gasteiger partial charge on any atom is -0.245 e. The maximum absolute atomic E-state index is 13.1. The van der Waals surface area contributed by atoms with Gasteiger partial charge in [-0.05, 0) is 20.3 Å². The minimum absolute atomic E-state index is 0.0129. The number of aliphatic imine (C=N–C) groups is 1. The van der Waals surface area contributed by atoms with Crippen LogP contribution in [0.4, 0.5) is 4.79 Å². The average Bonchev–Trinajstić information content (AvgIpc) is 3.06. The molecule has 0 radical (unpaired) electrons. The number of imidazole rings is 1. The molecule has 5 heteroatoms. The molecule has 1 atom stereocenters. The zero-order valence-corrected chi connectivity index (χ0v) is 13.6. The van der Waals surface area contributed by atoms with E-state index >= 15 is 0 Å². The van der Waals surface area contributed by atoms with Gasteiger partial charge in [0.15, 0.2) is 0 Å². The molecule has 5 nitrogen and oxygen atoms in total. The highest BCUT2D eigenvalue weighted by molar-refractivity contribution is 5.81. The van der Waals surface area contributed by atoms with Gasteiger partial charge in [-0.25, -0.2) is 19.3 Å². The number of carbonyl (C=O) groups excluding carboxylic acids is 1. The van der Waals surface area contributed by atoms with E-state index in [9.17, 15) is 4.79 Å². The summed E-state index contributed by atoms with van der Waals surface area (Å²) in [5, 5.41) is 0. The molecular weight excluding hydrogens is 264 g/mol. The quantitative estimate of drug-likeness (QED) is 0.792. The molecule has 1 aliphatic rings. The average molecular weight is 289 g/mol. The van der Waals surface area contributed by atoms with Crippen molar-refractivity contribution in [2.75, 3.05) is 0 Å². The Bertz CT molecular complexity index is 569. The molecule has 1 aromatic heterocycles. The normalized spacial score (nSPS) is 21.9. The summed E-state index contributed by atoms with van der Waals surface area (Å²) in [4.78, 5) is 21.7. The first-order valence-corrected chi connectivity index (χ1v) is 7.65. The summed E-state index contributed by atoms with van der Waals surface area (Å²) in [6, 6.07) is 0.0801. The van der Waals surface area contributed by atoms with Crippen LogP contribution in [0.25, 0.3) is 0 Å². The van der Waals surface area contributed by atoms with Gasteiger partial charge in [0.25, 0.3) is 0 Å². The number of aromatic nitrogens is 2. The largest absolute Gasteiger partial charge is 0.439 e. The molecule has 2 rings (SSSR count). The third kappa shape index (κ3) is 2.46. The highest BCUT2D eigenvalue weighted by Gasteiger charge is 2.50. The molecular formula is C16H25N4O+. The van der Waals surface area contributed by atoms with E-state index in [1.165, 1.54) is 0 Å². The van der Waals surface area contributed by atoms with Crippen LogP contribution in [0, 0.1) is 5.92 Å². The number of quaternary nitrogens is 1. The summed E-state index contributed by atoms with van der Waals surface area (Å²) in [6.45, 7) is 10.5. The van der Waals surface area contributed by atoms with Crippen LogP contribution in [0.15, 0.2) is 35.1 Å². The second-order valence-corrected chi connectivity index (χ2v) is 6.10.